The molecule has 1 saturated carbocycles. The predicted octanol–water partition coefficient (Wildman–Crippen LogP) is 3.36. The summed E-state index contributed by atoms with van der Waals surface area (Å²) in [5.74, 6) is -1.10. The molecule has 4 heteroatoms. The van der Waals surface area contributed by atoms with Crippen LogP contribution >= 0.6 is 0 Å². The second kappa shape index (κ2) is 8.14. The number of hydrogen-bond acceptors (Lipinski definition) is 2. The van der Waals surface area contributed by atoms with Gasteiger partial charge in [-0.05, 0) is 44.6 Å². The normalized spacial score (nSPS) is 21.8. The van der Waals surface area contributed by atoms with Crippen molar-refractivity contribution < 1.29 is 14.7 Å². The number of aliphatic carboxylic acids is 1. The Kier molecular flexibility index (Phi) is 6.20. The molecule has 1 aromatic carbocycles. The third kappa shape index (κ3) is 4.34. The first-order valence-electron chi connectivity index (χ1n) is 8.64. The van der Waals surface area contributed by atoms with Gasteiger partial charge in [-0.15, -0.1) is 0 Å². The van der Waals surface area contributed by atoms with Crippen molar-refractivity contribution in [2.75, 3.05) is 6.54 Å². The Morgan fingerprint density at radius 2 is 1.83 bits per heavy atom. The van der Waals surface area contributed by atoms with E-state index in [9.17, 15) is 9.59 Å². The van der Waals surface area contributed by atoms with Gasteiger partial charge >= 0.3 is 5.97 Å². The lowest BCUT2D eigenvalue weighted by Gasteiger charge is -2.32. The average Bonchev–Trinajstić information content (AvgIpc) is 3.05. The molecule has 0 saturated heterocycles. The summed E-state index contributed by atoms with van der Waals surface area (Å²) < 4.78 is 0. The van der Waals surface area contributed by atoms with Gasteiger partial charge in [-0.2, -0.15) is 0 Å². The van der Waals surface area contributed by atoms with Crippen LogP contribution in [0.3, 0.4) is 0 Å². The van der Waals surface area contributed by atoms with Gasteiger partial charge in [0.15, 0.2) is 0 Å². The van der Waals surface area contributed by atoms with E-state index in [1.807, 2.05) is 30.0 Å². The van der Waals surface area contributed by atoms with Crippen LogP contribution in [0.1, 0.15) is 45.1 Å². The molecule has 0 aromatic heterocycles. The van der Waals surface area contributed by atoms with Gasteiger partial charge in [0.2, 0.25) is 5.91 Å². The second-order valence-corrected chi connectivity index (χ2v) is 6.42. The van der Waals surface area contributed by atoms with Gasteiger partial charge in [0, 0.05) is 18.5 Å². The van der Waals surface area contributed by atoms with Crippen LogP contribution < -0.4 is 0 Å². The molecule has 0 radical (unpaired) electrons. The van der Waals surface area contributed by atoms with E-state index in [1.165, 1.54) is 5.56 Å². The van der Waals surface area contributed by atoms with Crippen LogP contribution in [-0.2, 0) is 16.0 Å². The number of nitrogens with zero attached hydrogens (tertiary/aromatic N) is 1. The third-order valence-electron chi connectivity index (χ3n) is 4.98. The molecule has 23 heavy (non-hydrogen) atoms. The summed E-state index contributed by atoms with van der Waals surface area (Å²) in [5.41, 5.74) is 1.24. The summed E-state index contributed by atoms with van der Waals surface area (Å²) >= 11 is 0. The Hall–Kier alpha value is -1.84. The zero-order valence-corrected chi connectivity index (χ0v) is 14.1. The fourth-order valence-corrected chi connectivity index (χ4v) is 3.62. The van der Waals surface area contributed by atoms with Crippen molar-refractivity contribution in [3.05, 3.63) is 35.9 Å². The Morgan fingerprint density at radius 3 is 2.35 bits per heavy atom. The first-order valence-corrected chi connectivity index (χ1v) is 8.64. The topological polar surface area (TPSA) is 57.6 Å². The van der Waals surface area contributed by atoms with Crippen LogP contribution in [0, 0.1) is 11.8 Å². The molecule has 3 atom stereocenters. The minimum Gasteiger partial charge on any atom is -0.481 e. The van der Waals surface area contributed by atoms with Gasteiger partial charge < -0.3 is 10.0 Å². The lowest BCUT2D eigenvalue weighted by atomic mass is 9.98. The Labute approximate surface area is 138 Å². The Balaban J connectivity index is 2.04. The standard InChI is InChI=1S/C19H27NO3/c1-3-17(12-14-8-6-5-7-9-14)20(4-2)18(21)15-10-11-16(13-15)19(22)23/h5-9,15-17H,3-4,10-13H2,1-2H3,(H,22,23)/t15-,16+,17?/m1/s1. The van der Waals surface area contributed by atoms with E-state index in [1.54, 1.807) is 0 Å². The number of amides is 1. The second-order valence-electron chi connectivity index (χ2n) is 6.42. The summed E-state index contributed by atoms with van der Waals surface area (Å²) in [6, 6.07) is 10.4. The number of carboxylic acid groups (broad SMARTS) is 1. The molecule has 1 unspecified atom stereocenters. The van der Waals surface area contributed by atoms with Crippen LogP contribution in [0.5, 0.6) is 0 Å². The van der Waals surface area contributed by atoms with Gasteiger partial charge in [-0.1, -0.05) is 37.3 Å². The van der Waals surface area contributed by atoms with E-state index < -0.39 is 5.97 Å². The third-order valence-corrected chi connectivity index (χ3v) is 4.98. The molecule has 1 aliphatic carbocycles. The number of benzene rings is 1. The van der Waals surface area contributed by atoms with Crippen molar-refractivity contribution in [1.82, 2.24) is 4.90 Å². The number of rotatable bonds is 7. The van der Waals surface area contributed by atoms with E-state index in [2.05, 4.69) is 19.1 Å². The zero-order chi connectivity index (χ0) is 16.8. The molecule has 0 aliphatic heterocycles. The number of hydrogen-bond donors (Lipinski definition) is 1. The van der Waals surface area contributed by atoms with Gasteiger partial charge in [0.1, 0.15) is 0 Å². The summed E-state index contributed by atoms with van der Waals surface area (Å²) in [6.45, 7) is 4.80. The van der Waals surface area contributed by atoms with Crippen molar-refractivity contribution in [3.63, 3.8) is 0 Å². The number of likely N-dealkylation sites (N-methyl/N-ethyl adjacent to an activating group) is 1. The lowest BCUT2D eigenvalue weighted by molar-refractivity contribution is -0.142. The van der Waals surface area contributed by atoms with Crippen LogP contribution in [0.15, 0.2) is 30.3 Å². The molecule has 1 aliphatic rings. The molecule has 1 amide bonds. The highest BCUT2D eigenvalue weighted by Gasteiger charge is 2.36. The molecule has 1 fully saturated rings. The van der Waals surface area contributed by atoms with Crippen molar-refractivity contribution in [3.8, 4) is 0 Å². The molecule has 1 aromatic rings. The molecule has 1 N–H and O–H groups in total. The van der Waals surface area contributed by atoms with E-state index >= 15 is 0 Å². The van der Waals surface area contributed by atoms with E-state index in [0.717, 1.165) is 12.8 Å². The highest BCUT2D eigenvalue weighted by molar-refractivity contribution is 5.81. The number of carbonyl (C=O) groups is 2. The average molecular weight is 317 g/mol. The number of carboxylic acids is 1. The largest absolute Gasteiger partial charge is 0.481 e. The van der Waals surface area contributed by atoms with Crippen LogP contribution in [0.2, 0.25) is 0 Å². The van der Waals surface area contributed by atoms with Crippen molar-refractivity contribution in [2.45, 2.75) is 52.0 Å². The minimum absolute atomic E-state index is 0.124. The van der Waals surface area contributed by atoms with E-state index in [4.69, 9.17) is 5.11 Å². The molecule has 2 rings (SSSR count). The summed E-state index contributed by atoms with van der Waals surface area (Å²) in [4.78, 5) is 25.9. The van der Waals surface area contributed by atoms with Gasteiger partial charge in [0.25, 0.3) is 0 Å². The van der Waals surface area contributed by atoms with Crippen LogP contribution in [0.4, 0.5) is 0 Å². The van der Waals surface area contributed by atoms with Crippen LogP contribution in [-0.4, -0.2) is 34.5 Å². The molecule has 0 heterocycles. The smallest absolute Gasteiger partial charge is 0.306 e. The molecule has 126 valence electrons. The summed E-state index contributed by atoms with van der Waals surface area (Å²) in [5, 5.41) is 9.13. The SMILES string of the molecule is CCC(Cc1ccccc1)N(CC)C(=O)[C@@H]1CC[C@H](C(=O)O)C1. The summed E-state index contributed by atoms with van der Waals surface area (Å²) in [7, 11) is 0. The highest BCUT2D eigenvalue weighted by Crippen LogP contribution is 2.33. The van der Waals surface area contributed by atoms with E-state index in [0.29, 0.717) is 25.8 Å². The zero-order valence-electron chi connectivity index (χ0n) is 14.1. The molecule has 0 bridgehead atoms. The monoisotopic (exact) mass is 317 g/mol. The molecule has 0 spiro atoms. The molecule has 4 nitrogen and oxygen atoms in total. The molecular weight excluding hydrogens is 290 g/mol. The van der Waals surface area contributed by atoms with E-state index in [-0.39, 0.29) is 23.8 Å². The first kappa shape index (κ1) is 17.5. The van der Waals surface area contributed by atoms with Crippen molar-refractivity contribution in [1.29, 1.82) is 0 Å². The maximum atomic E-state index is 12.9. The Morgan fingerprint density at radius 1 is 1.17 bits per heavy atom. The lowest BCUT2D eigenvalue weighted by Crippen LogP contribution is -2.44. The Bertz CT molecular complexity index is 529. The fourth-order valence-electron chi connectivity index (χ4n) is 3.62. The molecular formula is C19H27NO3. The predicted molar refractivity (Wildman–Crippen MR) is 90.1 cm³/mol. The first-order chi connectivity index (χ1) is 11.1. The van der Waals surface area contributed by atoms with Gasteiger partial charge in [-0.3, -0.25) is 9.59 Å². The maximum Gasteiger partial charge on any atom is 0.306 e. The van der Waals surface area contributed by atoms with Crippen molar-refractivity contribution >= 4 is 11.9 Å². The number of carbonyl (C=O) groups excluding carboxylic acids is 1. The minimum atomic E-state index is -0.764. The quantitative estimate of drug-likeness (QED) is 0.839. The fraction of sp³-hybridized carbons (Fsp3) is 0.579. The summed E-state index contributed by atoms with van der Waals surface area (Å²) in [6.07, 6.45) is 3.58. The van der Waals surface area contributed by atoms with Crippen molar-refractivity contribution in [2.24, 2.45) is 11.8 Å². The van der Waals surface area contributed by atoms with Gasteiger partial charge in [0.05, 0.1) is 5.92 Å². The highest BCUT2D eigenvalue weighted by atomic mass is 16.4. The van der Waals surface area contributed by atoms with Crippen LogP contribution in [0.25, 0.3) is 0 Å². The maximum absolute atomic E-state index is 12.9. The van der Waals surface area contributed by atoms with Gasteiger partial charge in [-0.25, -0.2) is 0 Å².